The Bertz CT molecular complexity index is 559. The monoisotopic (exact) mass is 323 g/mol. The first kappa shape index (κ1) is 18.6. The first-order valence-corrected chi connectivity index (χ1v) is 7.30. The van der Waals surface area contributed by atoms with Gasteiger partial charge in [-0.2, -0.15) is 0 Å². The van der Waals surface area contributed by atoms with Gasteiger partial charge in [-0.25, -0.2) is 15.0 Å². The summed E-state index contributed by atoms with van der Waals surface area (Å²) in [5.74, 6) is 0. The maximum atomic E-state index is 11.7. The van der Waals surface area contributed by atoms with Gasteiger partial charge in [0.2, 0.25) is 0 Å². The molecule has 0 saturated carbocycles. The second kappa shape index (κ2) is 7.21. The highest BCUT2D eigenvalue weighted by molar-refractivity contribution is 5.85. The molecule has 128 valence electrons. The predicted octanol–water partition coefficient (Wildman–Crippen LogP) is 3.89. The molecule has 0 unspecified atom stereocenters. The minimum atomic E-state index is -0.594. The first-order valence-electron chi connectivity index (χ1n) is 7.30. The van der Waals surface area contributed by atoms with E-state index in [2.05, 4.69) is 16.2 Å². The van der Waals surface area contributed by atoms with E-state index in [1.54, 1.807) is 65.8 Å². The Morgan fingerprint density at radius 3 is 1.96 bits per heavy atom. The fourth-order valence-corrected chi connectivity index (χ4v) is 1.52. The minimum Gasteiger partial charge on any atom is -0.444 e. The number of hydrazine groups is 1. The van der Waals surface area contributed by atoms with Crippen LogP contribution in [-0.2, 0) is 9.47 Å². The van der Waals surface area contributed by atoms with Crippen molar-refractivity contribution in [2.24, 2.45) is 0 Å². The molecule has 1 aromatic rings. The molecule has 7 nitrogen and oxygen atoms in total. The van der Waals surface area contributed by atoms with E-state index in [1.165, 1.54) is 0 Å². The second-order valence-corrected chi connectivity index (χ2v) is 6.96. The number of ether oxygens (including phenoxy) is 2. The van der Waals surface area contributed by atoms with Crippen molar-refractivity contribution in [2.75, 3.05) is 10.7 Å². The Labute approximate surface area is 136 Å². The van der Waals surface area contributed by atoms with Crippen LogP contribution in [0.5, 0.6) is 0 Å². The lowest BCUT2D eigenvalue weighted by Gasteiger charge is -2.20. The standard InChI is InChI=1S/C16H25N3O4/c1-15(2,3)22-13(20)17-11-8-7-9-12(10-11)18-19-14(21)23-16(4,5)6/h7-10,18H,1-6H3,(H,17,20)(H,19,21). The SMILES string of the molecule is CC(C)(C)OC(=O)NNc1cccc(NC(=O)OC(C)(C)C)c1. The highest BCUT2D eigenvalue weighted by Crippen LogP contribution is 2.16. The molecule has 0 bridgehead atoms. The molecule has 0 fully saturated rings. The number of hydrogen-bond donors (Lipinski definition) is 3. The van der Waals surface area contributed by atoms with Crippen LogP contribution in [0.1, 0.15) is 41.5 Å². The summed E-state index contributed by atoms with van der Waals surface area (Å²) in [5, 5.41) is 2.62. The van der Waals surface area contributed by atoms with E-state index in [0.717, 1.165) is 0 Å². The fraction of sp³-hybridized carbons (Fsp3) is 0.500. The van der Waals surface area contributed by atoms with Gasteiger partial charge in [0.05, 0.1) is 5.69 Å². The lowest BCUT2D eigenvalue weighted by molar-refractivity contribution is 0.0539. The van der Waals surface area contributed by atoms with Crippen molar-refractivity contribution in [1.82, 2.24) is 5.43 Å². The third-order valence-corrected chi connectivity index (χ3v) is 2.22. The van der Waals surface area contributed by atoms with Crippen molar-refractivity contribution in [3.63, 3.8) is 0 Å². The molecular weight excluding hydrogens is 298 g/mol. The summed E-state index contributed by atoms with van der Waals surface area (Å²) in [6, 6.07) is 6.83. The van der Waals surface area contributed by atoms with Gasteiger partial charge in [-0.15, -0.1) is 0 Å². The van der Waals surface area contributed by atoms with Gasteiger partial charge < -0.3 is 9.47 Å². The molecule has 0 aliphatic rings. The maximum absolute atomic E-state index is 11.7. The zero-order valence-corrected chi connectivity index (χ0v) is 14.4. The van der Waals surface area contributed by atoms with Gasteiger partial charge in [-0.3, -0.25) is 10.7 Å². The van der Waals surface area contributed by atoms with Crippen LogP contribution in [0, 0.1) is 0 Å². The Hall–Kier alpha value is -2.44. The van der Waals surface area contributed by atoms with Crippen LogP contribution in [0.15, 0.2) is 24.3 Å². The Morgan fingerprint density at radius 2 is 1.39 bits per heavy atom. The number of nitrogens with one attached hydrogen (secondary N) is 3. The molecule has 0 atom stereocenters. The number of amides is 2. The summed E-state index contributed by atoms with van der Waals surface area (Å²) in [7, 11) is 0. The Morgan fingerprint density at radius 1 is 0.870 bits per heavy atom. The normalized spacial score (nSPS) is 11.4. The summed E-state index contributed by atoms with van der Waals surface area (Å²) in [5.41, 5.74) is 5.11. The summed E-state index contributed by atoms with van der Waals surface area (Å²) < 4.78 is 10.3. The van der Waals surface area contributed by atoms with Gasteiger partial charge in [0.25, 0.3) is 0 Å². The summed E-state index contributed by atoms with van der Waals surface area (Å²) in [6.45, 7) is 10.7. The van der Waals surface area contributed by atoms with E-state index in [9.17, 15) is 9.59 Å². The van der Waals surface area contributed by atoms with E-state index >= 15 is 0 Å². The zero-order chi connectivity index (χ0) is 17.7. The molecule has 0 aromatic heterocycles. The topological polar surface area (TPSA) is 88.7 Å². The molecule has 1 aromatic carbocycles. The number of carbonyl (C=O) groups excluding carboxylic acids is 2. The third kappa shape index (κ3) is 8.55. The second-order valence-electron chi connectivity index (χ2n) is 6.96. The fourth-order valence-electron chi connectivity index (χ4n) is 1.52. The van der Waals surface area contributed by atoms with E-state index in [0.29, 0.717) is 11.4 Å². The van der Waals surface area contributed by atoms with Crippen LogP contribution in [0.25, 0.3) is 0 Å². The van der Waals surface area contributed by atoms with Gasteiger partial charge in [0.1, 0.15) is 11.2 Å². The lowest BCUT2D eigenvalue weighted by Crippen LogP contribution is -2.35. The third-order valence-electron chi connectivity index (χ3n) is 2.22. The van der Waals surface area contributed by atoms with E-state index in [4.69, 9.17) is 9.47 Å². The van der Waals surface area contributed by atoms with Crippen molar-refractivity contribution in [3.05, 3.63) is 24.3 Å². The van der Waals surface area contributed by atoms with Gasteiger partial charge in [0, 0.05) is 5.69 Å². The average Bonchev–Trinajstić information content (AvgIpc) is 2.32. The summed E-state index contributed by atoms with van der Waals surface area (Å²) in [6.07, 6.45) is -1.14. The molecule has 0 aliphatic heterocycles. The molecular formula is C16H25N3O4. The summed E-state index contributed by atoms with van der Waals surface area (Å²) in [4.78, 5) is 23.3. The van der Waals surface area contributed by atoms with Crippen LogP contribution < -0.4 is 16.2 Å². The molecule has 23 heavy (non-hydrogen) atoms. The minimum absolute atomic E-state index is 0.537. The zero-order valence-electron chi connectivity index (χ0n) is 14.4. The highest BCUT2D eigenvalue weighted by atomic mass is 16.6. The van der Waals surface area contributed by atoms with Crippen molar-refractivity contribution in [1.29, 1.82) is 0 Å². The number of carbonyl (C=O) groups is 2. The molecule has 0 aliphatic carbocycles. The Balaban J connectivity index is 2.57. The molecule has 0 spiro atoms. The van der Waals surface area contributed by atoms with E-state index < -0.39 is 23.4 Å². The molecule has 0 radical (unpaired) electrons. The van der Waals surface area contributed by atoms with Crippen molar-refractivity contribution in [2.45, 2.75) is 52.7 Å². The molecule has 7 heteroatoms. The van der Waals surface area contributed by atoms with Crippen LogP contribution in [0.3, 0.4) is 0 Å². The van der Waals surface area contributed by atoms with Crippen molar-refractivity contribution in [3.8, 4) is 0 Å². The maximum Gasteiger partial charge on any atom is 0.426 e. The van der Waals surface area contributed by atoms with Crippen molar-refractivity contribution >= 4 is 23.6 Å². The van der Waals surface area contributed by atoms with E-state index in [1.807, 2.05) is 0 Å². The van der Waals surface area contributed by atoms with Crippen LogP contribution in [0.2, 0.25) is 0 Å². The largest absolute Gasteiger partial charge is 0.444 e. The van der Waals surface area contributed by atoms with Gasteiger partial charge in [-0.1, -0.05) is 6.07 Å². The first-order chi connectivity index (χ1) is 10.4. The molecule has 0 heterocycles. The molecule has 2 amide bonds. The summed E-state index contributed by atoms with van der Waals surface area (Å²) >= 11 is 0. The number of benzene rings is 1. The lowest BCUT2D eigenvalue weighted by atomic mass is 10.2. The molecule has 3 N–H and O–H groups in total. The predicted molar refractivity (Wildman–Crippen MR) is 89.3 cm³/mol. The average molecular weight is 323 g/mol. The van der Waals surface area contributed by atoms with Crippen LogP contribution >= 0.6 is 0 Å². The van der Waals surface area contributed by atoms with Gasteiger partial charge >= 0.3 is 12.2 Å². The number of rotatable bonds is 3. The quantitative estimate of drug-likeness (QED) is 0.734. The highest BCUT2D eigenvalue weighted by Gasteiger charge is 2.17. The Kier molecular flexibility index (Phi) is 5.84. The smallest absolute Gasteiger partial charge is 0.426 e. The van der Waals surface area contributed by atoms with Gasteiger partial charge in [0.15, 0.2) is 0 Å². The number of hydrogen-bond acceptors (Lipinski definition) is 5. The van der Waals surface area contributed by atoms with Crippen LogP contribution in [0.4, 0.5) is 21.0 Å². The van der Waals surface area contributed by atoms with E-state index in [-0.39, 0.29) is 0 Å². The van der Waals surface area contributed by atoms with Crippen molar-refractivity contribution < 1.29 is 19.1 Å². The number of anilines is 2. The molecule has 1 rings (SSSR count). The van der Waals surface area contributed by atoms with Gasteiger partial charge in [-0.05, 0) is 59.7 Å². The van der Waals surface area contributed by atoms with Crippen LogP contribution in [-0.4, -0.2) is 23.4 Å². The molecule has 0 saturated heterocycles.